The third kappa shape index (κ3) is 2.28. The predicted molar refractivity (Wildman–Crippen MR) is 67.5 cm³/mol. The molecule has 0 heterocycles. The van der Waals surface area contributed by atoms with Gasteiger partial charge >= 0.3 is 0 Å². The molecule has 0 bridgehead atoms. The molecular weight excluding hydrogens is 214 g/mol. The predicted octanol–water partition coefficient (Wildman–Crippen LogP) is 3.26. The minimum atomic E-state index is 0.111. The van der Waals surface area contributed by atoms with Crippen LogP contribution >= 0.6 is 0 Å². The van der Waals surface area contributed by atoms with Gasteiger partial charge in [-0.3, -0.25) is 0 Å². The van der Waals surface area contributed by atoms with Crippen LogP contribution in [-0.4, -0.2) is 16.0 Å². The molecule has 2 aromatic carbocycles. The van der Waals surface area contributed by atoms with Crippen LogP contribution in [0.15, 0.2) is 53.7 Å². The highest BCUT2D eigenvalue weighted by Crippen LogP contribution is 2.26. The Bertz CT molecular complexity index is 547. The van der Waals surface area contributed by atoms with Crippen LogP contribution in [0, 0.1) is 0 Å². The summed E-state index contributed by atoms with van der Waals surface area (Å²) in [4.78, 5) is 0. The van der Waals surface area contributed by atoms with Crippen LogP contribution in [0.2, 0.25) is 0 Å². The van der Waals surface area contributed by atoms with Crippen LogP contribution in [0.4, 0.5) is 0 Å². The summed E-state index contributed by atoms with van der Waals surface area (Å²) in [6.45, 7) is 1.64. The third-order valence-electron chi connectivity index (χ3n) is 2.64. The van der Waals surface area contributed by atoms with Gasteiger partial charge in [-0.15, -0.1) is 0 Å². The van der Waals surface area contributed by atoms with E-state index in [2.05, 4.69) is 5.16 Å². The Hall–Kier alpha value is -2.29. The second kappa shape index (κ2) is 4.70. The molecule has 0 saturated heterocycles. The van der Waals surface area contributed by atoms with Crippen molar-refractivity contribution in [2.45, 2.75) is 6.92 Å². The van der Waals surface area contributed by atoms with E-state index < -0.39 is 0 Å². The van der Waals surface area contributed by atoms with Gasteiger partial charge in [0, 0.05) is 5.56 Å². The number of rotatable bonds is 2. The molecule has 0 amide bonds. The zero-order chi connectivity index (χ0) is 12.3. The highest BCUT2D eigenvalue weighted by atomic mass is 16.4. The fraction of sp³-hybridized carbons (Fsp3) is 0.0714. The Balaban J connectivity index is 2.52. The van der Waals surface area contributed by atoms with Gasteiger partial charge in [-0.05, 0) is 30.2 Å². The maximum Gasteiger partial charge on any atom is 0.124 e. The van der Waals surface area contributed by atoms with E-state index in [9.17, 15) is 5.11 Å². The summed E-state index contributed by atoms with van der Waals surface area (Å²) in [5.74, 6) is 0.111. The van der Waals surface area contributed by atoms with Gasteiger partial charge in [0.2, 0.25) is 0 Å². The monoisotopic (exact) mass is 227 g/mol. The molecule has 0 aromatic heterocycles. The molecule has 0 spiro atoms. The average molecular weight is 227 g/mol. The lowest BCUT2D eigenvalue weighted by Crippen LogP contribution is -1.95. The first-order valence-corrected chi connectivity index (χ1v) is 5.30. The Labute approximate surface area is 99.7 Å². The molecule has 0 fully saturated rings. The first-order chi connectivity index (χ1) is 8.22. The van der Waals surface area contributed by atoms with Crippen molar-refractivity contribution in [3.63, 3.8) is 0 Å². The Morgan fingerprint density at radius 1 is 1.00 bits per heavy atom. The number of oxime groups is 1. The summed E-state index contributed by atoms with van der Waals surface area (Å²) in [7, 11) is 0. The van der Waals surface area contributed by atoms with E-state index in [1.807, 2.05) is 36.4 Å². The van der Waals surface area contributed by atoms with Crippen molar-refractivity contribution in [1.29, 1.82) is 0 Å². The molecule has 17 heavy (non-hydrogen) atoms. The number of phenolic OH excluding ortho intramolecular Hbond substituents is 1. The van der Waals surface area contributed by atoms with E-state index in [-0.39, 0.29) is 5.75 Å². The molecule has 0 aliphatic heterocycles. The van der Waals surface area contributed by atoms with Crippen LogP contribution in [0.5, 0.6) is 5.75 Å². The Kier molecular flexibility index (Phi) is 3.10. The minimum Gasteiger partial charge on any atom is -0.507 e. The zero-order valence-electron chi connectivity index (χ0n) is 9.46. The summed E-state index contributed by atoms with van der Waals surface area (Å²) in [6, 6.07) is 15.1. The fourth-order valence-corrected chi connectivity index (χ4v) is 1.69. The number of benzene rings is 2. The van der Waals surface area contributed by atoms with Gasteiger partial charge < -0.3 is 10.3 Å². The van der Waals surface area contributed by atoms with E-state index >= 15 is 0 Å². The zero-order valence-corrected chi connectivity index (χ0v) is 9.46. The average Bonchev–Trinajstić information content (AvgIpc) is 2.39. The van der Waals surface area contributed by atoms with Crippen molar-refractivity contribution < 1.29 is 10.3 Å². The van der Waals surface area contributed by atoms with Crippen molar-refractivity contribution in [2.24, 2.45) is 5.16 Å². The number of aromatic hydroxyl groups is 1. The lowest BCUT2D eigenvalue weighted by molar-refractivity contribution is 0.318. The minimum absolute atomic E-state index is 0.111. The van der Waals surface area contributed by atoms with Gasteiger partial charge in [-0.1, -0.05) is 41.6 Å². The van der Waals surface area contributed by atoms with Crippen LogP contribution < -0.4 is 0 Å². The maximum atomic E-state index is 9.69. The van der Waals surface area contributed by atoms with Crippen molar-refractivity contribution in [1.82, 2.24) is 0 Å². The summed E-state index contributed by atoms with van der Waals surface area (Å²) in [6.07, 6.45) is 0. The standard InChI is InChI=1S/C14H13NO2/c1-10(15-17)13-9-12(7-8-14(13)16)11-5-3-2-4-6-11/h2-9,16-17H,1H3/b15-10+. The van der Waals surface area contributed by atoms with Crippen LogP contribution in [0.3, 0.4) is 0 Å². The number of phenols is 1. The van der Waals surface area contributed by atoms with E-state index in [4.69, 9.17) is 5.21 Å². The molecule has 0 radical (unpaired) electrons. The van der Waals surface area contributed by atoms with Gasteiger partial charge in [0.25, 0.3) is 0 Å². The van der Waals surface area contributed by atoms with E-state index in [0.29, 0.717) is 11.3 Å². The second-order valence-corrected chi connectivity index (χ2v) is 3.78. The van der Waals surface area contributed by atoms with Crippen LogP contribution in [-0.2, 0) is 0 Å². The summed E-state index contributed by atoms with van der Waals surface area (Å²) < 4.78 is 0. The van der Waals surface area contributed by atoms with Crippen molar-refractivity contribution in [3.05, 3.63) is 54.1 Å². The molecule has 0 saturated carbocycles. The Morgan fingerprint density at radius 2 is 1.71 bits per heavy atom. The normalized spacial score (nSPS) is 11.5. The highest BCUT2D eigenvalue weighted by Gasteiger charge is 2.07. The number of hydrogen-bond acceptors (Lipinski definition) is 3. The fourth-order valence-electron chi connectivity index (χ4n) is 1.69. The second-order valence-electron chi connectivity index (χ2n) is 3.78. The van der Waals surface area contributed by atoms with E-state index in [1.54, 1.807) is 19.1 Å². The quantitative estimate of drug-likeness (QED) is 0.470. The van der Waals surface area contributed by atoms with Crippen LogP contribution in [0.25, 0.3) is 11.1 Å². The first-order valence-electron chi connectivity index (χ1n) is 5.30. The first kappa shape index (κ1) is 11.2. The summed E-state index contributed by atoms with van der Waals surface area (Å²) in [5.41, 5.74) is 2.95. The molecular formula is C14H13NO2. The highest BCUT2D eigenvalue weighted by molar-refractivity contribution is 6.01. The largest absolute Gasteiger partial charge is 0.507 e. The molecule has 0 atom stereocenters. The molecule has 2 N–H and O–H groups in total. The maximum absolute atomic E-state index is 9.69. The molecule has 0 aliphatic rings. The summed E-state index contributed by atoms with van der Waals surface area (Å²) >= 11 is 0. The Morgan fingerprint density at radius 3 is 2.35 bits per heavy atom. The van der Waals surface area contributed by atoms with Gasteiger partial charge in [0.05, 0.1) is 5.71 Å². The molecule has 86 valence electrons. The van der Waals surface area contributed by atoms with Crippen molar-refractivity contribution in [3.8, 4) is 16.9 Å². The van der Waals surface area contributed by atoms with Gasteiger partial charge in [0.1, 0.15) is 5.75 Å². The van der Waals surface area contributed by atoms with E-state index in [1.165, 1.54) is 0 Å². The lowest BCUT2D eigenvalue weighted by Gasteiger charge is -2.06. The van der Waals surface area contributed by atoms with Gasteiger partial charge in [0.15, 0.2) is 0 Å². The smallest absolute Gasteiger partial charge is 0.124 e. The van der Waals surface area contributed by atoms with Gasteiger partial charge in [-0.25, -0.2) is 0 Å². The molecule has 0 unspecified atom stereocenters. The number of nitrogens with zero attached hydrogens (tertiary/aromatic N) is 1. The molecule has 3 nitrogen and oxygen atoms in total. The number of hydrogen-bond donors (Lipinski definition) is 2. The topological polar surface area (TPSA) is 52.8 Å². The molecule has 0 aliphatic carbocycles. The third-order valence-corrected chi connectivity index (χ3v) is 2.64. The molecule has 3 heteroatoms. The van der Waals surface area contributed by atoms with Crippen molar-refractivity contribution >= 4 is 5.71 Å². The summed E-state index contributed by atoms with van der Waals surface area (Å²) in [5, 5.41) is 21.6. The van der Waals surface area contributed by atoms with Crippen LogP contribution in [0.1, 0.15) is 12.5 Å². The SMILES string of the molecule is C/C(=N\O)c1cc(-c2ccccc2)ccc1O. The van der Waals surface area contributed by atoms with E-state index in [0.717, 1.165) is 11.1 Å². The molecule has 2 rings (SSSR count). The lowest BCUT2D eigenvalue weighted by atomic mass is 10.0. The van der Waals surface area contributed by atoms with Crippen molar-refractivity contribution in [2.75, 3.05) is 0 Å². The van der Waals surface area contributed by atoms with Gasteiger partial charge in [-0.2, -0.15) is 0 Å². The molecule has 2 aromatic rings.